The Morgan fingerprint density at radius 2 is 1.92 bits per heavy atom. The molecule has 0 aliphatic carbocycles. The Labute approximate surface area is 140 Å². The highest BCUT2D eigenvalue weighted by Crippen LogP contribution is 2.27. The summed E-state index contributed by atoms with van der Waals surface area (Å²) in [5.74, 6) is -1.31. The summed E-state index contributed by atoms with van der Waals surface area (Å²) in [4.78, 5) is 25.9. The van der Waals surface area contributed by atoms with Crippen molar-refractivity contribution in [3.63, 3.8) is 0 Å². The van der Waals surface area contributed by atoms with Crippen LogP contribution < -0.4 is 10.2 Å². The summed E-state index contributed by atoms with van der Waals surface area (Å²) in [6.45, 7) is 2.62. The number of amides is 2. The number of hydrogen-bond donors (Lipinski definition) is 1. The van der Waals surface area contributed by atoms with Gasteiger partial charge in [0.2, 0.25) is 11.8 Å². The SMILES string of the molecule is Cc1ccccc1CNC(=O)[C@@H]1CC(=O)N(c2ccccc2F)C1. The van der Waals surface area contributed by atoms with E-state index in [1.54, 1.807) is 18.2 Å². The maximum Gasteiger partial charge on any atom is 0.227 e. The van der Waals surface area contributed by atoms with Crippen molar-refractivity contribution in [2.75, 3.05) is 11.4 Å². The minimum Gasteiger partial charge on any atom is -0.352 e. The molecule has 1 aliphatic heterocycles. The third-order valence-electron chi connectivity index (χ3n) is 4.35. The van der Waals surface area contributed by atoms with Crippen LogP contribution in [0.4, 0.5) is 10.1 Å². The first-order chi connectivity index (χ1) is 11.6. The number of benzene rings is 2. The molecular weight excluding hydrogens is 307 g/mol. The van der Waals surface area contributed by atoms with Crippen molar-refractivity contribution in [2.24, 2.45) is 5.92 Å². The minimum absolute atomic E-state index is 0.105. The summed E-state index contributed by atoms with van der Waals surface area (Å²) in [6, 6.07) is 13.9. The number of carbonyl (C=O) groups is 2. The van der Waals surface area contributed by atoms with Crippen molar-refractivity contribution >= 4 is 17.5 Å². The maximum atomic E-state index is 13.9. The van der Waals surface area contributed by atoms with Gasteiger partial charge in [-0.15, -0.1) is 0 Å². The number of rotatable bonds is 4. The fourth-order valence-corrected chi connectivity index (χ4v) is 2.92. The van der Waals surface area contributed by atoms with Gasteiger partial charge in [0.15, 0.2) is 0 Å². The lowest BCUT2D eigenvalue weighted by Gasteiger charge is -2.17. The Kier molecular flexibility index (Phi) is 4.60. The second-order valence-electron chi connectivity index (χ2n) is 6.00. The van der Waals surface area contributed by atoms with Gasteiger partial charge in [0.1, 0.15) is 5.82 Å². The Morgan fingerprint density at radius 3 is 2.67 bits per heavy atom. The average Bonchev–Trinajstić information content (AvgIpc) is 2.96. The Balaban J connectivity index is 1.64. The lowest BCUT2D eigenvalue weighted by Crippen LogP contribution is -2.33. The molecule has 1 N–H and O–H groups in total. The number of nitrogens with one attached hydrogen (secondary N) is 1. The largest absolute Gasteiger partial charge is 0.352 e. The van der Waals surface area contributed by atoms with Crippen molar-refractivity contribution < 1.29 is 14.0 Å². The van der Waals surface area contributed by atoms with E-state index in [1.165, 1.54) is 11.0 Å². The molecule has 0 unspecified atom stereocenters. The first kappa shape index (κ1) is 16.2. The molecule has 4 nitrogen and oxygen atoms in total. The first-order valence-corrected chi connectivity index (χ1v) is 7.93. The van der Waals surface area contributed by atoms with Crippen LogP contribution in [0.2, 0.25) is 0 Å². The molecule has 1 fully saturated rings. The topological polar surface area (TPSA) is 49.4 Å². The van der Waals surface area contributed by atoms with Gasteiger partial charge in [0, 0.05) is 19.5 Å². The van der Waals surface area contributed by atoms with Gasteiger partial charge in [-0.05, 0) is 30.2 Å². The number of hydrogen-bond acceptors (Lipinski definition) is 2. The van der Waals surface area contributed by atoms with Crippen molar-refractivity contribution in [3.05, 3.63) is 65.5 Å². The summed E-state index contributed by atoms with van der Waals surface area (Å²) < 4.78 is 13.9. The van der Waals surface area contributed by atoms with E-state index in [2.05, 4.69) is 5.32 Å². The van der Waals surface area contributed by atoms with Crippen LogP contribution in [0.15, 0.2) is 48.5 Å². The highest BCUT2D eigenvalue weighted by molar-refractivity contribution is 6.00. The quantitative estimate of drug-likeness (QED) is 0.939. The van der Waals surface area contributed by atoms with E-state index in [9.17, 15) is 14.0 Å². The molecule has 124 valence electrons. The van der Waals surface area contributed by atoms with Crippen LogP contribution in [0.25, 0.3) is 0 Å². The van der Waals surface area contributed by atoms with Gasteiger partial charge in [0.25, 0.3) is 0 Å². The van der Waals surface area contributed by atoms with Gasteiger partial charge < -0.3 is 10.2 Å². The van der Waals surface area contributed by atoms with Gasteiger partial charge in [-0.2, -0.15) is 0 Å². The van der Waals surface area contributed by atoms with E-state index in [1.807, 2.05) is 31.2 Å². The lowest BCUT2D eigenvalue weighted by atomic mass is 10.1. The first-order valence-electron chi connectivity index (χ1n) is 7.93. The number of para-hydroxylation sites is 1. The normalized spacial score (nSPS) is 17.2. The van der Waals surface area contributed by atoms with E-state index < -0.39 is 11.7 Å². The van der Waals surface area contributed by atoms with Crippen LogP contribution in [0.5, 0.6) is 0 Å². The van der Waals surface area contributed by atoms with Crippen molar-refractivity contribution in [2.45, 2.75) is 19.9 Å². The summed E-state index contributed by atoms with van der Waals surface area (Å²) >= 11 is 0. The molecule has 0 aromatic heterocycles. The second-order valence-corrected chi connectivity index (χ2v) is 6.00. The molecule has 2 amide bonds. The highest BCUT2D eigenvalue weighted by atomic mass is 19.1. The molecule has 5 heteroatoms. The standard InChI is InChI=1S/C19H19FN2O2/c1-13-6-2-3-7-14(13)11-21-19(24)15-10-18(23)22(12-15)17-9-5-4-8-16(17)20/h2-9,15H,10-12H2,1H3,(H,21,24)/t15-/m1/s1. The molecule has 24 heavy (non-hydrogen) atoms. The number of halogens is 1. The number of carbonyl (C=O) groups excluding carboxylic acids is 2. The minimum atomic E-state index is -0.457. The van der Waals surface area contributed by atoms with Crippen molar-refractivity contribution in [1.29, 1.82) is 0 Å². The van der Waals surface area contributed by atoms with Crippen LogP contribution in [-0.4, -0.2) is 18.4 Å². The monoisotopic (exact) mass is 326 g/mol. The summed E-state index contributed by atoms with van der Waals surface area (Å²) in [5.41, 5.74) is 2.38. The third-order valence-corrected chi connectivity index (χ3v) is 4.35. The van der Waals surface area contributed by atoms with Crippen LogP contribution in [0.1, 0.15) is 17.5 Å². The highest BCUT2D eigenvalue weighted by Gasteiger charge is 2.35. The molecule has 1 heterocycles. The molecular formula is C19H19FN2O2. The second kappa shape index (κ2) is 6.83. The van der Waals surface area contributed by atoms with E-state index in [4.69, 9.17) is 0 Å². The zero-order chi connectivity index (χ0) is 17.1. The summed E-state index contributed by atoms with van der Waals surface area (Å²) in [5, 5.41) is 2.88. The molecule has 0 radical (unpaired) electrons. The fraction of sp³-hybridized carbons (Fsp3) is 0.263. The van der Waals surface area contributed by atoms with Gasteiger partial charge >= 0.3 is 0 Å². The molecule has 3 rings (SSSR count). The fourth-order valence-electron chi connectivity index (χ4n) is 2.92. The van der Waals surface area contributed by atoms with Crippen LogP contribution in [-0.2, 0) is 16.1 Å². The Bertz CT molecular complexity index is 775. The van der Waals surface area contributed by atoms with Crippen LogP contribution in [0.3, 0.4) is 0 Å². The number of nitrogens with zero attached hydrogens (tertiary/aromatic N) is 1. The molecule has 2 aromatic rings. The Hall–Kier alpha value is -2.69. The Morgan fingerprint density at radius 1 is 1.21 bits per heavy atom. The average molecular weight is 326 g/mol. The number of aryl methyl sites for hydroxylation is 1. The predicted molar refractivity (Wildman–Crippen MR) is 89.9 cm³/mol. The predicted octanol–water partition coefficient (Wildman–Crippen LogP) is 2.80. The molecule has 0 spiro atoms. The summed E-state index contributed by atoms with van der Waals surface area (Å²) in [6.07, 6.45) is 0.105. The maximum absolute atomic E-state index is 13.9. The zero-order valence-corrected chi connectivity index (χ0v) is 13.5. The third kappa shape index (κ3) is 3.30. The molecule has 1 aliphatic rings. The van der Waals surface area contributed by atoms with E-state index >= 15 is 0 Å². The van der Waals surface area contributed by atoms with Gasteiger partial charge in [0.05, 0.1) is 11.6 Å². The molecule has 2 aromatic carbocycles. The molecule has 0 saturated carbocycles. The lowest BCUT2D eigenvalue weighted by molar-refractivity contribution is -0.126. The van der Waals surface area contributed by atoms with Crippen molar-refractivity contribution in [3.8, 4) is 0 Å². The van der Waals surface area contributed by atoms with Crippen LogP contribution in [0, 0.1) is 18.7 Å². The smallest absolute Gasteiger partial charge is 0.227 e. The van der Waals surface area contributed by atoms with E-state index in [0.29, 0.717) is 6.54 Å². The van der Waals surface area contributed by atoms with Gasteiger partial charge in [-0.25, -0.2) is 4.39 Å². The zero-order valence-electron chi connectivity index (χ0n) is 13.5. The van der Waals surface area contributed by atoms with Crippen LogP contribution >= 0.6 is 0 Å². The molecule has 1 atom stereocenters. The van der Waals surface area contributed by atoms with Gasteiger partial charge in [-0.1, -0.05) is 36.4 Å². The molecule has 1 saturated heterocycles. The van der Waals surface area contributed by atoms with E-state index in [-0.39, 0.29) is 30.5 Å². The molecule has 0 bridgehead atoms. The van der Waals surface area contributed by atoms with E-state index in [0.717, 1.165) is 11.1 Å². The number of anilines is 1. The van der Waals surface area contributed by atoms with Gasteiger partial charge in [-0.3, -0.25) is 9.59 Å². The van der Waals surface area contributed by atoms with Crippen molar-refractivity contribution in [1.82, 2.24) is 5.32 Å². The summed E-state index contributed by atoms with van der Waals surface area (Å²) in [7, 11) is 0.